The van der Waals surface area contributed by atoms with Crippen LogP contribution >= 0.6 is 0 Å². The van der Waals surface area contributed by atoms with Crippen LogP contribution < -0.4 is 14.4 Å². The first-order valence-electron chi connectivity index (χ1n) is 9.75. The lowest BCUT2D eigenvalue weighted by Crippen LogP contribution is -2.39. The Morgan fingerprint density at radius 3 is 2.45 bits per heavy atom. The third-order valence-electron chi connectivity index (χ3n) is 5.07. The highest BCUT2D eigenvalue weighted by Gasteiger charge is 2.30. The maximum Gasteiger partial charge on any atom is 0.265 e. The van der Waals surface area contributed by atoms with Crippen molar-refractivity contribution in [3.63, 3.8) is 0 Å². The predicted molar refractivity (Wildman–Crippen MR) is 116 cm³/mol. The van der Waals surface area contributed by atoms with E-state index in [-0.39, 0.29) is 29.1 Å². The van der Waals surface area contributed by atoms with Crippen LogP contribution in [0.15, 0.2) is 77.7 Å². The highest BCUT2D eigenvalue weighted by atomic mass is 32.2. The molecule has 0 aromatic heterocycles. The fourth-order valence-electron chi connectivity index (χ4n) is 3.61. The predicted octanol–water partition coefficient (Wildman–Crippen LogP) is 3.98. The topological polar surface area (TPSA) is 75.7 Å². The number of carbonyl (C=O) groups is 1. The fraction of sp³-hybridized carbons (Fsp3) is 0.174. The summed E-state index contributed by atoms with van der Waals surface area (Å²) in [5.41, 5.74) is 2.29. The molecule has 0 radical (unpaired) electrons. The SMILES string of the molecule is C[C@H]1Cc2ccccc2N1C(=O)COc1ccc(S(=O)(=O)Nc2ccc(F)cc2)cc1. The van der Waals surface area contributed by atoms with Crippen molar-refractivity contribution in [2.75, 3.05) is 16.2 Å². The quantitative estimate of drug-likeness (QED) is 0.629. The molecule has 160 valence electrons. The average Bonchev–Trinajstić information content (AvgIpc) is 3.09. The number of sulfonamides is 1. The minimum Gasteiger partial charge on any atom is -0.484 e. The van der Waals surface area contributed by atoms with E-state index in [1.807, 2.05) is 31.2 Å². The maximum atomic E-state index is 13.0. The Morgan fingerprint density at radius 1 is 1.06 bits per heavy atom. The van der Waals surface area contributed by atoms with Gasteiger partial charge in [0.15, 0.2) is 6.61 Å². The number of halogens is 1. The summed E-state index contributed by atoms with van der Waals surface area (Å²) in [6.45, 7) is 1.84. The first kappa shape index (κ1) is 20.9. The molecule has 3 aromatic carbocycles. The summed E-state index contributed by atoms with van der Waals surface area (Å²) in [4.78, 5) is 14.5. The molecule has 0 spiro atoms. The molecule has 1 heterocycles. The molecule has 1 amide bonds. The zero-order valence-corrected chi connectivity index (χ0v) is 17.6. The molecule has 3 aromatic rings. The van der Waals surface area contributed by atoms with E-state index in [2.05, 4.69) is 4.72 Å². The van der Waals surface area contributed by atoms with Gasteiger partial charge < -0.3 is 9.64 Å². The Labute approximate surface area is 180 Å². The molecule has 1 aliphatic rings. The number of ether oxygens (including phenoxy) is 1. The lowest BCUT2D eigenvalue weighted by atomic mass is 10.1. The zero-order valence-electron chi connectivity index (χ0n) is 16.8. The van der Waals surface area contributed by atoms with Crippen molar-refractivity contribution in [1.29, 1.82) is 0 Å². The van der Waals surface area contributed by atoms with Gasteiger partial charge in [-0.3, -0.25) is 9.52 Å². The molecule has 0 unspecified atom stereocenters. The normalized spacial score (nSPS) is 15.4. The van der Waals surface area contributed by atoms with Crippen molar-refractivity contribution >= 4 is 27.3 Å². The van der Waals surface area contributed by atoms with Gasteiger partial charge in [-0.15, -0.1) is 0 Å². The van der Waals surface area contributed by atoms with E-state index in [9.17, 15) is 17.6 Å². The van der Waals surface area contributed by atoms with Gasteiger partial charge in [0, 0.05) is 17.4 Å². The van der Waals surface area contributed by atoms with E-state index >= 15 is 0 Å². The number of carbonyl (C=O) groups excluding carboxylic acids is 1. The summed E-state index contributed by atoms with van der Waals surface area (Å²) in [6.07, 6.45) is 0.801. The molecular weight excluding hydrogens is 419 g/mol. The van der Waals surface area contributed by atoms with Crippen LogP contribution in [0, 0.1) is 5.82 Å². The number of rotatable bonds is 6. The molecule has 0 aliphatic carbocycles. The van der Waals surface area contributed by atoms with Gasteiger partial charge in [-0.05, 0) is 73.5 Å². The Hall–Kier alpha value is -3.39. The first-order chi connectivity index (χ1) is 14.8. The van der Waals surface area contributed by atoms with Crippen LogP contribution in [0.5, 0.6) is 5.75 Å². The molecule has 0 fully saturated rings. The highest BCUT2D eigenvalue weighted by Crippen LogP contribution is 2.32. The molecular formula is C23H21FN2O4S. The smallest absolute Gasteiger partial charge is 0.265 e. The van der Waals surface area contributed by atoms with Crippen LogP contribution in [-0.4, -0.2) is 27.0 Å². The highest BCUT2D eigenvalue weighted by molar-refractivity contribution is 7.92. The van der Waals surface area contributed by atoms with E-state index in [0.29, 0.717) is 5.75 Å². The summed E-state index contributed by atoms with van der Waals surface area (Å²) in [7, 11) is -3.83. The number of fused-ring (bicyclic) bond motifs is 1. The summed E-state index contributed by atoms with van der Waals surface area (Å²) >= 11 is 0. The monoisotopic (exact) mass is 440 g/mol. The second-order valence-corrected chi connectivity index (χ2v) is 9.00. The van der Waals surface area contributed by atoms with Crippen molar-refractivity contribution in [3.05, 3.63) is 84.2 Å². The largest absolute Gasteiger partial charge is 0.484 e. The molecule has 1 N–H and O–H groups in total. The number of hydrogen-bond acceptors (Lipinski definition) is 4. The summed E-state index contributed by atoms with van der Waals surface area (Å²) in [5, 5.41) is 0. The number of nitrogens with one attached hydrogen (secondary N) is 1. The third kappa shape index (κ3) is 4.54. The summed E-state index contributed by atoms with van der Waals surface area (Å²) in [5.74, 6) is -0.229. The van der Waals surface area contributed by atoms with Gasteiger partial charge in [-0.2, -0.15) is 0 Å². The van der Waals surface area contributed by atoms with Crippen molar-refractivity contribution in [3.8, 4) is 5.75 Å². The Kier molecular flexibility index (Phi) is 5.65. The number of nitrogens with zero attached hydrogens (tertiary/aromatic N) is 1. The van der Waals surface area contributed by atoms with Gasteiger partial charge in [0.2, 0.25) is 0 Å². The Bertz CT molecular complexity index is 1200. The van der Waals surface area contributed by atoms with E-state index < -0.39 is 15.8 Å². The Morgan fingerprint density at radius 2 is 1.74 bits per heavy atom. The van der Waals surface area contributed by atoms with Gasteiger partial charge in [-0.25, -0.2) is 12.8 Å². The zero-order chi connectivity index (χ0) is 22.0. The van der Waals surface area contributed by atoms with Crippen molar-refractivity contribution in [2.45, 2.75) is 24.3 Å². The van der Waals surface area contributed by atoms with Crippen molar-refractivity contribution < 1.29 is 22.3 Å². The number of para-hydroxylation sites is 1. The van der Waals surface area contributed by atoms with Gasteiger partial charge in [-0.1, -0.05) is 18.2 Å². The first-order valence-corrected chi connectivity index (χ1v) is 11.2. The lowest BCUT2D eigenvalue weighted by Gasteiger charge is -2.22. The molecule has 1 atom stereocenters. The van der Waals surface area contributed by atoms with Crippen LogP contribution in [0.3, 0.4) is 0 Å². The van der Waals surface area contributed by atoms with Crippen LogP contribution in [0.4, 0.5) is 15.8 Å². The van der Waals surface area contributed by atoms with E-state index in [1.54, 1.807) is 4.90 Å². The standard InChI is InChI=1S/C23H21FN2O4S/c1-16-14-17-4-2-3-5-22(17)26(16)23(27)15-30-20-10-12-21(13-11-20)31(28,29)25-19-8-6-18(24)7-9-19/h2-13,16,25H,14-15H2,1H3/t16-/m0/s1. The lowest BCUT2D eigenvalue weighted by molar-refractivity contribution is -0.120. The van der Waals surface area contributed by atoms with Crippen LogP contribution in [0.2, 0.25) is 0 Å². The fourth-order valence-corrected chi connectivity index (χ4v) is 4.67. The van der Waals surface area contributed by atoms with E-state index in [0.717, 1.165) is 17.7 Å². The molecule has 6 nitrogen and oxygen atoms in total. The van der Waals surface area contributed by atoms with Crippen LogP contribution in [-0.2, 0) is 21.2 Å². The second kappa shape index (κ2) is 8.39. The molecule has 0 bridgehead atoms. The van der Waals surface area contributed by atoms with Crippen LogP contribution in [0.25, 0.3) is 0 Å². The summed E-state index contributed by atoms with van der Waals surface area (Å²) in [6, 6.07) is 18.6. The van der Waals surface area contributed by atoms with Gasteiger partial charge in [0.05, 0.1) is 4.90 Å². The average molecular weight is 440 g/mol. The molecule has 0 saturated heterocycles. The Balaban J connectivity index is 1.40. The second-order valence-electron chi connectivity index (χ2n) is 7.32. The number of amides is 1. The van der Waals surface area contributed by atoms with Crippen molar-refractivity contribution in [2.24, 2.45) is 0 Å². The molecule has 4 rings (SSSR count). The number of benzene rings is 3. The van der Waals surface area contributed by atoms with Gasteiger partial charge >= 0.3 is 0 Å². The minimum atomic E-state index is -3.83. The van der Waals surface area contributed by atoms with E-state index in [4.69, 9.17) is 4.74 Å². The third-order valence-corrected chi connectivity index (χ3v) is 6.47. The number of anilines is 2. The molecule has 8 heteroatoms. The van der Waals surface area contributed by atoms with E-state index in [1.165, 1.54) is 48.5 Å². The molecule has 31 heavy (non-hydrogen) atoms. The van der Waals surface area contributed by atoms with Gasteiger partial charge in [0.1, 0.15) is 11.6 Å². The summed E-state index contributed by atoms with van der Waals surface area (Å²) < 4.78 is 45.9. The number of hydrogen-bond donors (Lipinski definition) is 1. The van der Waals surface area contributed by atoms with Crippen LogP contribution in [0.1, 0.15) is 12.5 Å². The van der Waals surface area contributed by atoms with Gasteiger partial charge in [0.25, 0.3) is 15.9 Å². The molecule has 0 saturated carbocycles. The maximum absolute atomic E-state index is 13.0. The minimum absolute atomic E-state index is 0.0256. The molecule has 1 aliphatic heterocycles. The van der Waals surface area contributed by atoms with Crippen molar-refractivity contribution in [1.82, 2.24) is 0 Å².